The molecule has 4 heterocycles. The number of furan rings is 2. The Hall–Kier alpha value is -7.28. The lowest BCUT2D eigenvalue weighted by molar-refractivity contribution is 0.671. The van der Waals surface area contributed by atoms with E-state index >= 15 is 0 Å². The van der Waals surface area contributed by atoms with E-state index < -0.39 is 0 Å². The third kappa shape index (κ3) is 3.79. The van der Waals surface area contributed by atoms with Crippen LogP contribution in [-0.2, 0) is 0 Å². The lowest BCUT2D eigenvalue weighted by Crippen LogP contribution is -2.10. The summed E-state index contributed by atoms with van der Waals surface area (Å²) in [5.41, 5.74) is 9.75. The lowest BCUT2D eigenvalue weighted by atomic mass is 9.90. The molecule has 0 aliphatic heterocycles. The minimum atomic E-state index is -0.142. The van der Waals surface area contributed by atoms with Gasteiger partial charge >= 0.3 is 0 Å². The van der Waals surface area contributed by atoms with Crippen LogP contribution in [0.1, 0.15) is 36.5 Å². The zero-order chi connectivity index (χ0) is 35.5. The molecule has 6 heteroatoms. The minimum absolute atomic E-state index is 0.142. The average Bonchev–Trinajstić information content (AvgIpc) is 3.94. The van der Waals surface area contributed by atoms with Gasteiger partial charge in [0, 0.05) is 43.1 Å². The number of benzene rings is 7. The van der Waals surface area contributed by atoms with Gasteiger partial charge in [-0.25, -0.2) is 0 Å². The molecule has 248 valence electrons. The maximum atomic E-state index is 11.1. The van der Waals surface area contributed by atoms with Gasteiger partial charge in [0.15, 0.2) is 11.2 Å². The molecule has 0 saturated heterocycles. The Kier molecular flexibility index (Phi) is 5.90. The van der Waals surface area contributed by atoms with E-state index in [1.54, 1.807) is 0 Å². The average molecular weight is 681 g/mol. The normalized spacial score (nSPS) is 12.1. The van der Waals surface area contributed by atoms with Crippen LogP contribution < -0.4 is 0 Å². The van der Waals surface area contributed by atoms with Gasteiger partial charge in [0.25, 0.3) is 0 Å². The second-order valence-corrected chi connectivity index (χ2v) is 14.0. The topological polar surface area (TPSA) is 83.7 Å². The second-order valence-electron chi connectivity index (χ2n) is 14.0. The molecular weight excluding hydrogens is 653 g/mol. The summed E-state index contributed by atoms with van der Waals surface area (Å²) in [5.74, 6) is -0.142. The number of hydrogen-bond acceptors (Lipinski definition) is 4. The monoisotopic (exact) mass is 680 g/mol. The maximum Gasteiger partial charge on any atom is 0.160 e. The van der Waals surface area contributed by atoms with Crippen molar-refractivity contribution >= 4 is 87.5 Å². The van der Waals surface area contributed by atoms with Gasteiger partial charge in [0.05, 0.1) is 44.6 Å². The van der Waals surface area contributed by atoms with E-state index in [2.05, 4.69) is 95.8 Å². The van der Waals surface area contributed by atoms with Gasteiger partial charge in [-0.15, -0.1) is 0 Å². The molecule has 0 unspecified atom stereocenters. The van der Waals surface area contributed by atoms with E-state index in [1.165, 1.54) is 0 Å². The number of nitriles is 2. The molecule has 0 saturated carbocycles. The molecule has 0 spiro atoms. The van der Waals surface area contributed by atoms with Crippen LogP contribution in [-0.4, -0.2) is 9.13 Å². The van der Waals surface area contributed by atoms with Gasteiger partial charge in [0.1, 0.15) is 23.3 Å². The van der Waals surface area contributed by atoms with Gasteiger partial charge < -0.3 is 18.0 Å². The first-order chi connectivity index (χ1) is 26.1. The first-order valence-corrected chi connectivity index (χ1v) is 17.8. The molecule has 0 aliphatic carbocycles. The number of fused-ring (bicyclic) bond motifs is 14. The standard InChI is InChI=1S/C47H28N4O2/c1-26(2)43-35(24-48)39(50-37-15-7-3-11-27(37)31-19-21-33-29-13-5-9-17-41(29)52-46(33)44(31)50)23-40(36(43)25-49)51-38-16-8-4-12-28(38)32-20-22-34-30-14-6-10-18-42(30)53-47(34)45(32)51/h3-23,26H,1-2H3. The first kappa shape index (κ1) is 29.5. The van der Waals surface area contributed by atoms with Crippen molar-refractivity contribution in [2.24, 2.45) is 0 Å². The summed E-state index contributed by atoms with van der Waals surface area (Å²) >= 11 is 0. The Morgan fingerprint density at radius 3 is 1.30 bits per heavy atom. The van der Waals surface area contributed by atoms with Gasteiger partial charge in [0.2, 0.25) is 0 Å². The molecule has 11 rings (SSSR count). The highest BCUT2D eigenvalue weighted by molar-refractivity contribution is 6.23. The Balaban J connectivity index is 1.37. The molecule has 6 nitrogen and oxygen atoms in total. The summed E-state index contributed by atoms with van der Waals surface area (Å²) in [4.78, 5) is 0. The molecule has 0 fully saturated rings. The van der Waals surface area contributed by atoms with Gasteiger partial charge in [-0.3, -0.25) is 0 Å². The van der Waals surface area contributed by atoms with Crippen LogP contribution in [0, 0.1) is 22.7 Å². The van der Waals surface area contributed by atoms with Crippen molar-refractivity contribution in [3.63, 3.8) is 0 Å². The van der Waals surface area contributed by atoms with Crippen LogP contribution >= 0.6 is 0 Å². The van der Waals surface area contributed by atoms with Crippen molar-refractivity contribution in [1.82, 2.24) is 9.13 Å². The molecule has 0 bridgehead atoms. The van der Waals surface area contributed by atoms with E-state index in [0.29, 0.717) is 28.1 Å². The van der Waals surface area contributed by atoms with E-state index in [0.717, 1.165) is 87.5 Å². The van der Waals surface area contributed by atoms with Crippen molar-refractivity contribution in [2.75, 3.05) is 0 Å². The second kappa shape index (κ2) is 10.6. The first-order valence-electron chi connectivity index (χ1n) is 17.8. The molecule has 0 amide bonds. The van der Waals surface area contributed by atoms with Crippen molar-refractivity contribution in [2.45, 2.75) is 19.8 Å². The number of para-hydroxylation sites is 4. The highest BCUT2D eigenvalue weighted by Crippen LogP contribution is 2.45. The van der Waals surface area contributed by atoms with Crippen molar-refractivity contribution in [3.05, 3.63) is 144 Å². The SMILES string of the molecule is CC(C)c1c(C#N)c(-n2c3ccccc3c3ccc4c5ccccc5oc4c32)cc(-n2c3ccccc3c3ccc4c5ccccc5oc4c32)c1C#N. The molecular formula is C47H28N4O2. The van der Waals surface area contributed by atoms with E-state index in [4.69, 9.17) is 8.83 Å². The maximum absolute atomic E-state index is 11.1. The zero-order valence-corrected chi connectivity index (χ0v) is 28.8. The van der Waals surface area contributed by atoms with E-state index in [-0.39, 0.29) is 5.92 Å². The summed E-state index contributed by atoms with van der Waals surface area (Å²) in [6.07, 6.45) is 0. The van der Waals surface area contributed by atoms with Gasteiger partial charge in [-0.05, 0) is 53.9 Å². The molecule has 53 heavy (non-hydrogen) atoms. The number of rotatable bonds is 3. The fourth-order valence-corrected chi connectivity index (χ4v) is 8.80. The third-order valence-corrected chi connectivity index (χ3v) is 11.0. The Labute approximate surface area is 302 Å². The molecule has 0 aliphatic rings. The van der Waals surface area contributed by atoms with Crippen molar-refractivity contribution in [1.29, 1.82) is 10.5 Å². The van der Waals surface area contributed by atoms with Crippen LogP contribution in [0.3, 0.4) is 0 Å². The van der Waals surface area contributed by atoms with Crippen LogP contribution in [0.4, 0.5) is 0 Å². The fourth-order valence-electron chi connectivity index (χ4n) is 8.80. The summed E-state index contributed by atoms with van der Waals surface area (Å²) < 4.78 is 17.7. The predicted octanol–water partition coefficient (Wildman–Crippen LogP) is 12.5. The van der Waals surface area contributed by atoms with Crippen LogP contribution in [0.15, 0.2) is 136 Å². The van der Waals surface area contributed by atoms with Gasteiger partial charge in [-0.2, -0.15) is 10.5 Å². The number of hydrogen-bond donors (Lipinski definition) is 0. The molecule has 0 N–H and O–H groups in total. The molecule has 7 aromatic carbocycles. The lowest BCUT2D eigenvalue weighted by Gasteiger charge is -2.21. The fraction of sp³-hybridized carbons (Fsp3) is 0.0638. The third-order valence-electron chi connectivity index (χ3n) is 11.0. The minimum Gasteiger partial charge on any atom is -0.454 e. The Morgan fingerprint density at radius 1 is 0.472 bits per heavy atom. The van der Waals surface area contributed by atoms with Crippen LogP contribution in [0.25, 0.3) is 98.9 Å². The summed E-state index contributed by atoms with van der Waals surface area (Å²) in [5, 5.41) is 30.4. The summed E-state index contributed by atoms with van der Waals surface area (Å²) in [7, 11) is 0. The Bertz CT molecular complexity index is 3240. The zero-order valence-electron chi connectivity index (χ0n) is 28.8. The molecule has 11 aromatic rings. The number of nitrogens with zero attached hydrogens (tertiary/aromatic N) is 4. The van der Waals surface area contributed by atoms with Gasteiger partial charge in [-0.1, -0.05) is 98.8 Å². The quantitative estimate of drug-likeness (QED) is 0.186. The van der Waals surface area contributed by atoms with Crippen molar-refractivity contribution in [3.8, 4) is 23.5 Å². The van der Waals surface area contributed by atoms with Crippen LogP contribution in [0.5, 0.6) is 0 Å². The highest BCUT2D eigenvalue weighted by Gasteiger charge is 2.28. The van der Waals surface area contributed by atoms with Crippen molar-refractivity contribution < 1.29 is 8.83 Å². The Morgan fingerprint density at radius 2 is 0.868 bits per heavy atom. The molecule has 0 atom stereocenters. The largest absolute Gasteiger partial charge is 0.454 e. The number of aromatic nitrogens is 2. The van der Waals surface area contributed by atoms with E-state index in [1.807, 2.05) is 66.7 Å². The van der Waals surface area contributed by atoms with E-state index in [9.17, 15) is 10.5 Å². The summed E-state index contributed by atoms with van der Waals surface area (Å²) in [6.45, 7) is 4.11. The molecule has 0 radical (unpaired) electrons. The highest BCUT2D eigenvalue weighted by atomic mass is 16.3. The summed E-state index contributed by atoms with van der Waals surface area (Å²) in [6, 6.07) is 48.5. The molecule has 4 aromatic heterocycles. The van der Waals surface area contributed by atoms with Crippen LogP contribution in [0.2, 0.25) is 0 Å². The predicted molar refractivity (Wildman–Crippen MR) is 213 cm³/mol. The smallest absolute Gasteiger partial charge is 0.160 e.